The third kappa shape index (κ3) is 4.18. The van der Waals surface area contributed by atoms with Crippen LogP contribution in [0.2, 0.25) is 0 Å². The van der Waals surface area contributed by atoms with Crippen molar-refractivity contribution in [3.63, 3.8) is 0 Å². The predicted octanol–water partition coefficient (Wildman–Crippen LogP) is 2.40. The van der Waals surface area contributed by atoms with E-state index in [4.69, 9.17) is 4.74 Å². The number of amidine groups is 1. The Morgan fingerprint density at radius 3 is 2.71 bits per heavy atom. The van der Waals surface area contributed by atoms with Crippen molar-refractivity contribution < 1.29 is 22.7 Å². The van der Waals surface area contributed by atoms with Crippen LogP contribution in [-0.2, 0) is 24.3 Å². The molecular weight excluding hydrogens is 418 g/mol. The van der Waals surface area contributed by atoms with Crippen LogP contribution >= 0.6 is 0 Å². The summed E-state index contributed by atoms with van der Waals surface area (Å²) in [4.78, 5) is 26.7. The summed E-state index contributed by atoms with van der Waals surface area (Å²) in [5.74, 6) is -0.751. The summed E-state index contributed by atoms with van der Waals surface area (Å²) in [5, 5.41) is 2.71. The molecule has 1 saturated heterocycles. The number of nitrogens with zero attached hydrogens (tertiary/aromatic N) is 2. The topological polar surface area (TPSA) is 105 Å². The van der Waals surface area contributed by atoms with E-state index in [2.05, 4.69) is 9.71 Å². The van der Waals surface area contributed by atoms with Crippen LogP contribution in [0.1, 0.15) is 29.5 Å². The summed E-state index contributed by atoms with van der Waals surface area (Å²) in [6, 6.07) is 11.4. The quantitative estimate of drug-likeness (QED) is 0.731. The zero-order valence-corrected chi connectivity index (χ0v) is 18.1. The van der Waals surface area contributed by atoms with Gasteiger partial charge in [0.2, 0.25) is 0 Å². The van der Waals surface area contributed by atoms with Gasteiger partial charge in [-0.25, -0.2) is 4.79 Å². The predicted molar refractivity (Wildman–Crippen MR) is 115 cm³/mol. The zero-order chi connectivity index (χ0) is 22.2. The summed E-state index contributed by atoms with van der Waals surface area (Å²) in [6.45, 7) is 3.99. The first-order chi connectivity index (χ1) is 14.8. The highest BCUT2D eigenvalue weighted by atomic mass is 32.2. The standard InChI is InChI=1S/C22H23N3O5S/c1-14-9-10-16(12-15(14)2)23-20(26)13-30-22(27)18-7-5-11-25(18)21-17-6-3-4-8-19(17)31(28,29)24-21/h3-4,6,8-10,12,18H,5,7,11,13H2,1-2H3,(H,23,26)/t18-/m0/s1. The smallest absolute Gasteiger partial charge is 0.329 e. The maximum Gasteiger partial charge on any atom is 0.329 e. The van der Waals surface area contributed by atoms with E-state index in [0.29, 0.717) is 30.6 Å². The molecule has 1 fully saturated rings. The highest BCUT2D eigenvalue weighted by molar-refractivity contribution is 7.90. The van der Waals surface area contributed by atoms with Gasteiger partial charge in [-0.2, -0.15) is 8.42 Å². The highest BCUT2D eigenvalue weighted by Crippen LogP contribution is 2.31. The monoisotopic (exact) mass is 441 g/mol. The molecule has 4 rings (SSSR count). The molecule has 1 N–H and O–H groups in total. The number of aryl methyl sites for hydroxylation is 2. The van der Waals surface area contributed by atoms with E-state index in [9.17, 15) is 18.0 Å². The van der Waals surface area contributed by atoms with E-state index >= 15 is 0 Å². The van der Waals surface area contributed by atoms with Crippen molar-refractivity contribution in [2.45, 2.75) is 37.6 Å². The van der Waals surface area contributed by atoms with E-state index in [1.54, 1.807) is 29.2 Å². The average molecular weight is 442 g/mol. The van der Waals surface area contributed by atoms with Gasteiger partial charge in [-0.15, -0.1) is 4.40 Å². The molecule has 8 nitrogen and oxygen atoms in total. The molecule has 0 aliphatic carbocycles. The Labute approximate surface area is 181 Å². The number of nitrogens with one attached hydrogen (secondary N) is 1. The fraction of sp³-hybridized carbons (Fsp3) is 0.318. The number of amides is 1. The molecule has 0 bridgehead atoms. The van der Waals surface area contributed by atoms with Gasteiger partial charge in [0.25, 0.3) is 15.9 Å². The highest BCUT2D eigenvalue weighted by Gasteiger charge is 2.40. The Kier molecular flexibility index (Phi) is 5.53. The van der Waals surface area contributed by atoms with Gasteiger partial charge in [-0.05, 0) is 62.1 Å². The molecule has 2 aromatic rings. The second kappa shape index (κ2) is 8.14. The number of carbonyl (C=O) groups is 2. The van der Waals surface area contributed by atoms with E-state index in [0.717, 1.165) is 11.1 Å². The average Bonchev–Trinajstić information content (AvgIpc) is 3.32. The summed E-state index contributed by atoms with van der Waals surface area (Å²) < 4.78 is 33.8. The van der Waals surface area contributed by atoms with Crippen molar-refractivity contribution in [2.24, 2.45) is 4.40 Å². The SMILES string of the molecule is Cc1ccc(NC(=O)COC(=O)[C@@H]2CCCN2C2=NS(=O)(=O)c3ccccc32)cc1C. The molecule has 1 atom stereocenters. The number of hydrogen-bond donors (Lipinski definition) is 1. The number of ether oxygens (including phenoxy) is 1. The number of anilines is 1. The van der Waals surface area contributed by atoms with Gasteiger partial charge in [0.15, 0.2) is 12.4 Å². The molecule has 0 aromatic heterocycles. The zero-order valence-electron chi connectivity index (χ0n) is 17.3. The number of fused-ring (bicyclic) bond motifs is 1. The van der Waals surface area contributed by atoms with Crippen molar-refractivity contribution in [3.05, 3.63) is 59.2 Å². The molecule has 0 spiro atoms. The van der Waals surface area contributed by atoms with Crippen LogP contribution in [0, 0.1) is 13.8 Å². The fourth-order valence-corrected chi connectivity index (χ4v) is 5.03. The minimum atomic E-state index is -3.78. The maximum atomic E-state index is 12.7. The van der Waals surface area contributed by atoms with Crippen molar-refractivity contribution in [1.82, 2.24) is 4.90 Å². The molecule has 0 radical (unpaired) electrons. The Hall–Kier alpha value is -3.20. The molecule has 2 aromatic carbocycles. The lowest BCUT2D eigenvalue weighted by Gasteiger charge is -2.24. The molecule has 2 aliphatic rings. The van der Waals surface area contributed by atoms with Crippen LogP contribution in [0.4, 0.5) is 5.69 Å². The van der Waals surface area contributed by atoms with E-state index in [1.807, 2.05) is 26.0 Å². The van der Waals surface area contributed by atoms with E-state index in [1.165, 1.54) is 6.07 Å². The summed E-state index contributed by atoms with van der Waals surface area (Å²) in [6.07, 6.45) is 1.19. The summed E-state index contributed by atoms with van der Waals surface area (Å²) in [7, 11) is -3.78. The van der Waals surface area contributed by atoms with Gasteiger partial charge in [-0.3, -0.25) is 4.79 Å². The van der Waals surface area contributed by atoms with Gasteiger partial charge in [0.05, 0.1) is 0 Å². The lowest BCUT2D eigenvalue weighted by molar-refractivity contribution is -0.150. The van der Waals surface area contributed by atoms with Gasteiger partial charge >= 0.3 is 5.97 Å². The summed E-state index contributed by atoms with van der Waals surface area (Å²) in [5.41, 5.74) is 3.27. The molecule has 31 heavy (non-hydrogen) atoms. The molecule has 2 heterocycles. The van der Waals surface area contributed by atoms with Crippen molar-refractivity contribution in [1.29, 1.82) is 0 Å². The second-order valence-corrected chi connectivity index (χ2v) is 9.26. The van der Waals surface area contributed by atoms with E-state index < -0.39 is 34.5 Å². The van der Waals surface area contributed by atoms with Crippen molar-refractivity contribution in [3.8, 4) is 0 Å². The molecule has 0 unspecified atom stereocenters. The Morgan fingerprint density at radius 2 is 1.94 bits per heavy atom. The van der Waals surface area contributed by atoms with Crippen molar-refractivity contribution in [2.75, 3.05) is 18.5 Å². The Balaban J connectivity index is 1.42. The van der Waals surface area contributed by atoms with E-state index in [-0.39, 0.29) is 10.7 Å². The minimum Gasteiger partial charge on any atom is -0.454 e. The van der Waals surface area contributed by atoms with Crippen LogP contribution in [-0.4, -0.2) is 50.2 Å². The number of esters is 1. The first-order valence-electron chi connectivity index (χ1n) is 10.0. The Bertz CT molecular complexity index is 1190. The van der Waals surface area contributed by atoms with Crippen molar-refractivity contribution >= 4 is 33.4 Å². The largest absolute Gasteiger partial charge is 0.454 e. The first kappa shape index (κ1) is 21.0. The molecule has 162 valence electrons. The lowest BCUT2D eigenvalue weighted by atomic mass is 10.1. The lowest BCUT2D eigenvalue weighted by Crippen LogP contribution is -2.42. The molecular formula is C22H23N3O5S. The second-order valence-electron chi connectivity index (χ2n) is 7.69. The normalized spacial score (nSPS) is 19.0. The van der Waals surface area contributed by atoms with Crippen LogP contribution in [0.3, 0.4) is 0 Å². The minimum absolute atomic E-state index is 0.136. The van der Waals surface area contributed by atoms with Crippen LogP contribution in [0.25, 0.3) is 0 Å². The molecule has 1 amide bonds. The van der Waals surface area contributed by atoms with Crippen LogP contribution < -0.4 is 5.32 Å². The third-order valence-electron chi connectivity index (χ3n) is 5.55. The van der Waals surface area contributed by atoms with Gasteiger partial charge in [-0.1, -0.05) is 18.2 Å². The van der Waals surface area contributed by atoms with Crippen LogP contribution in [0.15, 0.2) is 51.8 Å². The van der Waals surface area contributed by atoms with Gasteiger partial charge in [0.1, 0.15) is 10.9 Å². The van der Waals surface area contributed by atoms with Gasteiger partial charge < -0.3 is 15.0 Å². The number of carbonyl (C=O) groups excluding carboxylic acids is 2. The first-order valence-corrected chi connectivity index (χ1v) is 11.4. The van der Waals surface area contributed by atoms with Crippen LogP contribution in [0.5, 0.6) is 0 Å². The maximum absolute atomic E-state index is 12.7. The number of hydrogen-bond acceptors (Lipinski definition) is 6. The Morgan fingerprint density at radius 1 is 1.16 bits per heavy atom. The number of benzene rings is 2. The third-order valence-corrected chi connectivity index (χ3v) is 6.87. The summed E-state index contributed by atoms with van der Waals surface area (Å²) >= 11 is 0. The van der Waals surface area contributed by atoms with Gasteiger partial charge in [0, 0.05) is 17.8 Å². The number of rotatable bonds is 4. The molecule has 0 saturated carbocycles. The number of sulfonamides is 1. The fourth-order valence-electron chi connectivity index (χ4n) is 3.81. The molecule has 2 aliphatic heterocycles. The molecule has 9 heteroatoms. The number of likely N-dealkylation sites (tertiary alicyclic amines) is 1.